The van der Waals surface area contributed by atoms with E-state index in [2.05, 4.69) is 29.2 Å². The first kappa shape index (κ1) is 23.8. The van der Waals surface area contributed by atoms with Gasteiger partial charge in [-0.1, -0.05) is 60.7 Å². The Morgan fingerprint density at radius 1 is 0.969 bits per heavy atom. The molecule has 1 atom stereocenters. The maximum atomic E-state index is 12.8. The standard InChI is InChI=1S/C26H35N3O3/c1-26(2,3)32-25(31)28-16-17-29(22(19-28)18-23(30)27(4)5)24(20-12-8-6-9-13-20)21-14-10-7-11-15-21/h6-15,22,24H,16-19H2,1-5H3/t22-/m1/s1. The van der Waals surface area contributed by atoms with Crippen molar-refractivity contribution in [2.45, 2.75) is 44.9 Å². The number of rotatable bonds is 5. The third kappa shape index (κ3) is 6.10. The van der Waals surface area contributed by atoms with Gasteiger partial charge < -0.3 is 14.5 Å². The molecule has 0 aliphatic carbocycles. The predicted octanol–water partition coefficient (Wildman–Crippen LogP) is 4.18. The first-order chi connectivity index (χ1) is 15.2. The molecule has 172 valence electrons. The second-order valence-corrected chi connectivity index (χ2v) is 9.53. The fourth-order valence-electron chi connectivity index (χ4n) is 4.11. The maximum Gasteiger partial charge on any atom is 0.410 e. The fraction of sp³-hybridized carbons (Fsp3) is 0.462. The highest BCUT2D eigenvalue weighted by Gasteiger charge is 2.37. The first-order valence-corrected chi connectivity index (χ1v) is 11.2. The van der Waals surface area contributed by atoms with Crippen LogP contribution in [0.1, 0.15) is 44.4 Å². The van der Waals surface area contributed by atoms with E-state index in [-0.39, 0.29) is 24.1 Å². The molecule has 0 spiro atoms. The van der Waals surface area contributed by atoms with E-state index >= 15 is 0 Å². The quantitative estimate of drug-likeness (QED) is 0.704. The number of hydrogen-bond donors (Lipinski definition) is 0. The molecular formula is C26H35N3O3. The van der Waals surface area contributed by atoms with Gasteiger partial charge >= 0.3 is 6.09 Å². The van der Waals surface area contributed by atoms with Gasteiger partial charge in [0.2, 0.25) is 5.91 Å². The van der Waals surface area contributed by atoms with E-state index in [0.717, 1.165) is 0 Å². The van der Waals surface area contributed by atoms with Gasteiger partial charge in [-0.2, -0.15) is 0 Å². The lowest BCUT2D eigenvalue weighted by atomic mass is 9.93. The van der Waals surface area contributed by atoms with Gasteiger partial charge in [0.1, 0.15) is 5.60 Å². The van der Waals surface area contributed by atoms with Gasteiger partial charge in [0.25, 0.3) is 0 Å². The number of carbonyl (C=O) groups is 2. The third-order valence-electron chi connectivity index (χ3n) is 5.65. The van der Waals surface area contributed by atoms with Crippen LogP contribution in [0.4, 0.5) is 4.79 Å². The lowest BCUT2D eigenvalue weighted by molar-refractivity contribution is -0.131. The Bertz CT molecular complexity index is 854. The van der Waals surface area contributed by atoms with Crippen LogP contribution in [0.2, 0.25) is 0 Å². The summed E-state index contributed by atoms with van der Waals surface area (Å²) in [6, 6.07) is 20.6. The van der Waals surface area contributed by atoms with Gasteiger partial charge in [-0.3, -0.25) is 9.69 Å². The van der Waals surface area contributed by atoms with Crippen LogP contribution in [0, 0.1) is 0 Å². The number of benzene rings is 2. The summed E-state index contributed by atoms with van der Waals surface area (Å²) in [5.74, 6) is 0.0471. The van der Waals surface area contributed by atoms with Gasteiger partial charge in [0.15, 0.2) is 0 Å². The molecular weight excluding hydrogens is 402 g/mol. The summed E-state index contributed by atoms with van der Waals surface area (Å²) in [6.45, 7) is 7.26. The Morgan fingerprint density at radius 3 is 1.97 bits per heavy atom. The Balaban J connectivity index is 1.94. The van der Waals surface area contributed by atoms with Crippen molar-refractivity contribution in [2.24, 2.45) is 0 Å². The monoisotopic (exact) mass is 437 g/mol. The fourth-order valence-corrected chi connectivity index (χ4v) is 4.11. The number of carbonyl (C=O) groups excluding carboxylic acids is 2. The molecule has 1 fully saturated rings. The Labute approximate surface area is 191 Å². The van der Waals surface area contributed by atoms with Crippen molar-refractivity contribution >= 4 is 12.0 Å². The molecule has 0 aromatic heterocycles. The summed E-state index contributed by atoms with van der Waals surface area (Å²) in [7, 11) is 3.54. The highest BCUT2D eigenvalue weighted by Crippen LogP contribution is 2.33. The van der Waals surface area contributed by atoms with Crippen molar-refractivity contribution in [3.8, 4) is 0 Å². The van der Waals surface area contributed by atoms with Crippen LogP contribution in [0.25, 0.3) is 0 Å². The van der Waals surface area contributed by atoms with E-state index < -0.39 is 5.60 Å². The molecule has 3 rings (SSSR count). The minimum atomic E-state index is -0.556. The second kappa shape index (κ2) is 10.2. The summed E-state index contributed by atoms with van der Waals surface area (Å²) < 4.78 is 5.62. The van der Waals surface area contributed by atoms with Gasteiger partial charge in [-0.25, -0.2) is 4.79 Å². The molecule has 2 aromatic rings. The molecule has 1 aliphatic rings. The SMILES string of the molecule is CN(C)C(=O)C[C@@H]1CN(C(=O)OC(C)(C)C)CCN1C(c1ccccc1)c1ccccc1. The van der Waals surface area contributed by atoms with Crippen LogP contribution in [0.5, 0.6) is 0 Å². The summed E-state index contributed by atoms with van der Waals surface area (Å²) in [5, 5.41) is 0. The van der Waals surface area contributed by atoms with Crippen molar-refractivity contribution in [2.75, 3.05) is 33.7 Å². The van der Waals surface area contributed by atoms with E-state index in [1.807, 2.05) is 57.2 Å². The highest BCUT2D eigenvalue weighted by molar-refractivity contribution is 5.76. The van der Waals surface area contributed by atoms with Crippen LogP contribution < -0.4 is 0 Å². The van der Waals surface area contributed by atoms with E-state index in [9.17, 15) is 9.59 Å². The minimum absolute atomic E-state index is 0.00171. The van der Waals surface area contributed by atoms with Gasteiger partial charge in [0, 0.05) is 46.2 Å². The highest BCUT2D eigenvalue weighted by atomic mass is 16.6. The smallest absolute Gasteiger partial charge is 0.410 e. The molecule has 2 aromatic carbocycles. The van der Waals surface area contributed by atoms with Crippen LogP contribution in [0.3, 0.4) is 0 Å². The zero-order valence-corrected chi connectivity index (χ0v) is 19.8. The van der Waals surface area contributed by atoms with E-state index in [4.69, 9.17) is 4.74 Å². The predicted molar refractivity (Wildman–Crippen MR) is 126 cm³/mol. The first-order valence-electron chi connectivity index (χ1n) is 11.2. The van der Waals surface area contributed by atoms with Crippen LogP contribution in [0.15, 0.2) is 60.7 Å². The number of ether oxygens (including phenoxy) is 1. The molecule has 0 radical (unpaired) electrons. The summed E-state index contributed by atoms with van der Waals surface area (Å²) in [6.07, 6.45) is 0.0121. The minimum Gasteiger partial charge on any atom is -0.444 e. The van der Waals surface area contributed by atoms with E-state index in [1.54, 1.807) is 23.9 Å². The number of amides is 2. The molecule has 2 amide bonds. The van der Waals surface area contributed by atoms with Crippen molar-refractivity contribution in [1.82, 2.24) is 14.7 Å². The van der Waals surface area contributed by atoms with Crippen LogP contribution in [-0.4, -0.2) is 72.1 Å². The molecule has 0 saturated carbocycles. The molecule has 0 unspecified atom stereocenters. The van der Waals surface area contributed by atoms with Gasteiger partial charge in [-0.05, 0) is 31.9 Å². The molecule has 1 aliphatic heterocycles. The average Bonchev–Trinajstić information content (AvgIpc) is 2.75. The number of piperazine rings is 1. The van der Waals surface area contributed by atoms with Gasteiger partial charge in [-0.15, -0.1) is 0 Å². The second-order valence-electron chi connectivity index (χ2n) is 9.53. The summed E-state index contributed by atoms with van der Waals surface area (Å²) >= 11 is 0. The van der Waals surface area contributed by atoms with Crippen molar-refractivity contribution < 1.29 is 14.3 Å². The topological polar surface area (TPSA) is 53.1 Å². The van der Waals surface area contributed by atoms with Crippen molar-refractivity contribution in [3.63, 3.8) is 0 Å². The Hall–Kier alpha value is -2.86. The van der Waals surface area contributed by atoms with Crippen molar-refractivity contribution in [1.29, 1.82) is 0 Å². The molecule has 32 heavy (non-hydrogen) atoms. The lowest BCUT2D eigenvalue weighted by Crippen LogP contribution is -2.57. The zero-order valence-electron chi connectivity index (χ0n) is 19.8. The van der Waals surface area contributed by atoms with Gasteiger partial charge in [0.05, 0.1) is 6.04 Å². The Morgan fingerprint density at radius 2 is 1.50 bits per heavy atom. The molecule has 6 heteroatoms. The third-order valence-corrected chi connectivity index (χ3v) is 5.65. The van der Waals surface area contributed by atoms with Crippen molar-refractivity contribution in [3.05, 3.63) is 71.8 Å². The Kier molecular flexibility index (Phi) is 7.56. The largest absolute Gasteiger partial charge is 0.444 e. The number of hydrogen-bond acceptors (Lipinski definition) is 4. The van der Waals surface area contributed by atoms with Crippen LogP contribution in [-0.2, 0) is 9.53 Å². The molecule has 0 N–H and O–H groups in total. The lowest BCUT2D eigenvalue weighted by Gasteiger charge is -2.45. The summed E-state index contributed by atoms with van der Waals surface area (Å²) in [4.78, 5) is 31.2. The van der Waals surface area contributed by atoms with E-state index in [1.165, 1.54) is 11.1 Å². The molecule has 0 bridgehead atoms. The number of nitrogens with zero attached hydrogens (tertiary/aromatic N) is 3. The van der Waals surface area contributed by atoms with Crippen LogP contribution >= 0.6 is 0 Å². The molecule has 6 nitrogen and oxygen atoms in total. The summed E-state index contributed by atoms with van der Waals surface area (Å²) in [5.41, 5.74) is 1.79. The average molecular weight is 438 g/mol. The maximum absolute atomic E-state index is 12.8. The molecule has 1 saturated heterocycles. The normalized spacial score (nSPS) is 17.3. The zero-order chi connectivity index (χ0) is 23.3. The van der Waals surface area contributed by atoms with E-state index in [0.29, 0.717) is 26.1 Å². The molecule has 1 heterocycles.